The molecule has 158 valence electrons. The third-order valence-electron chi connectivity index (χ3n) is 6.35. The lowest BCUT2D eigenvalue weighted by atomic mass is 9.93. The van der Waals surface area contributed by atoms with Gasteiger partial charge in [0, 0.05) is 29.9 Å². The summed E-state index contributed by atoms with van der Waals surface area (Å²) in [5.74, 6) is 0. The van der Waals surface area contributed by atoms with Crippen LogP contribution >= 0.6 is 0 Å². The number of hydrogen-bond donors (Lipinski definition) is 0. The number of aryl methyl sites for hydroxylation is 1. The number of benzene rings is 4. The zero-order chi connectivity index (χ0) is 22.1. The van der Waals surface area contributed by atoms with E-state index in [4.69, 9.17) is 4.99 Å². The summed E-state index contributed by atoms with van der Waals surface area (Å²) in [6.07, 6.45) is 0. The average Bonchev–Trinajstić information content (AvgIpc) is 3.20. The third-order valence-corrected chi connectivity index (χ3v) is 6.35. The Bertz CT molecular complexity index is 1380. The van der Waals surface area contributed by atoms with E-state index in [0.29, 0.717) is 0 Å². The highest BCUT2D eigenvalue weighted by atomic mass is 15.1. The van der Waals surface area contributed by atoms with Gasteiger partial charge in [-0.1, -0.05) is 66.2 Å². The van der Waals surface area contributed by atoms with Crippen LogP contribution in [0.2, 0.25) is 0 Å². The Balaban J connectivity index is 1.72. The van der Waals surface area contributed by atoms with Gasteiger partial charge in [-0.3, -0.25) is 0 Å². The summed E-state index contributed by atoms with van der Waals surface area (Å²) in [5, 5.41) is 2.27. The van der Waals surface area contributed by atoms with E-state index in [0.717, 1.165) is 24.1 Å². The maximum absolute atomic E-state index is 4.81. The fraction of sp³-hybridized carbons (Fsp3) is 0.167. The molecule has 0 spiro atoms. The van der Waals surface area contributed by atoms with Crippen molar-refractivity contribution < 1.29 is 0 Å². The van der Waals surface area contributed by atoms with Gasteiger partial charge < -0.3 is 4.90 Å². The molecular formula is C30H28N2. The maximum Gasteiger partial charge on any atom is 0.0716 e. The summed E-state index contributed by atoms with van der Waals surface area (Å²) in [5.41, 5.74) is 9.73. The molecule has 1 aliphatic heterocycles. The normalized spacial score (nSPS) is 12.6. The Morgan fingerprint density at radius 3 is 2.06 bits per heavy atom. The van der Waals surface area contributed by atoms with Crippen LogP contribution in [0.15, 0.2) is 96.0 Å². The highest BCUT2D eigenvalue weighted by Crippen LogP contribution is 2.31. The van der Waals surface area contributed by atoms with E-state index in [9.17, 15) is 0 Å². The monoisotopic (exact) mass is 416 g/mol. The predicted molar refractivity (Wildman–Crippen MR) is 135 cm³/mol. The van der Waals surface area contributed by atoms with Crippen LogP contribution in [0.4, 0.5) is 11.4 Å². The molecule has 0 N–H and O–H groups in total. The molecule has 0 amide bonds. The summed E-state index contributed by atoms with van der Waals surface area (Å²) >= 11 is 0. The van der Waals surface area contributed by atoms with Crippen molar-refractivity contribution in [1.82, 2.24) is 0 Å². The Kier molecular flexibility index (Phi) is 5.36. The summed E-state index contributed by atoms with van der Waals surface area (Å²) < 4.78 is 0. The van der Waals surface area contributed by atoms with Crippen LogP contribution in [0, 0.1) is 6.92 Å². The molecule has 32 heavy (non-hydrogen) atoms. The minimum atomic E-state index is 1.01. The van der Waals surface area contributed by atoms with Crippen molar-refractivity contribution in [2.75, 3.05) is 18.0 Å². The Morgan fingerprint density at radius 1 is 0.719 bits per heavy atom. The number of nitrogens with zero attached hydrogens (tertiary/aromatic N) is 2. The van der Waals surface area contributed by atoms with Gasteiger partial charge in [-0.2, -0.15) is 0 Å². The third kappa shape index (κ3) is 3.62. The molecule has 0 radical (unpaired) electrons. The van der Waals surface area contributed by atoms with Crippen molar-refractivity contribution in [3.05, 3.63) is 118 Å². The minimum absolute atomic E-state index is 1.01. The quantitative estimate of drug-likeness (QED) is 0.342. The number of rotatable bonds is 5. The number of para-hydroxylation sites is 1. The van der Waals surface area contributed by atoms with Crippen LogP contribution in [-0.4, -0.2) is 13.1 Å². The molecular weight excluding hydrogens is 388 g/mol. The summed E-state index contributed by atoms with van der Waals surface area (Å²) in [6.45, 7) is 8.57. The zero-order valence-electron chi connectivity index (χ0n) is 19.0. The fourth-order valence-corrected chi connectivity index (χ4v) is 4.58. The van der Waals surface area contributed by atoms with Gasteiger partial charge in [0.2, 0.25) is 0 Å². The molecule has 0 saturated carbocycles. The molecule has 0 fully saturated rings. The molecule has 1 heterocycles. The lowest BCUT2D eigenvalue weighted by molar-refractivity contribution is 0.866. The van der Waals surface area contributed by atoms with Gasteiger partial charge in [0.05, 0.1) is 11.0 Å². The Labute approximate surface area is 190 Å². The van der Waals surface area contributed by atoms with Crippen molar-refractivity contribution in [3.63, 3.8) is 0 Å². The first-order valence-electron chi connectivity index (χ1n) is 11.4. The second-order valence-electron chi connectivity index (χ2n) is 8.32. The first kappa shape index (κ1) is 20.3. The molecule has 0 bridgehead atoms. The SMILES string of the molecule is CCN(CC)c1ccc(/C(c2ccc(C)cc2)=c2/ccc3c(c2)-c2ccccc2N=3)cc1. The van der Waals surface area contributed by atoms with Crippen molar-refractivity contribution in [2.45, 2.75) is 20.8 Å². The molecule has 1 aliphatic rings. The van der Waals surface area contributed by atoms with Gasteiger partial charge in [-0.25, -0.2) is 4.99 Å². The van der Waals surface area contributed by atoms with Crippen LogP contribution < -0.4 is 15.5 Å². The zero-order valence-corrected chi connectivity index (χ0v) is 19.0. The molecule has 0 aliphatic carbocycles. The molecule has 4 aromatic carbocycles. The van der Waals surface area contributed by atoms with Gasteiger partial charge in [0.25, 0.3) is 0 Å². The maximum atomic E-state index is 4.81. The van der Waals surface area contributed by atoms with Crippen LogP contribution in [0.5, 0.6) is 0 Å². The summed E-state index contributed by atoms with van der Waals surface area (Å²) in [4.78, 5) is 7.19. The van der Waals surface area contributed by atoms with E-state index in [1.54, 1.807) is 0 Å². The van der Waals surface area contributed by atoms with Gasteiger partial charge in [0.15, 0.2) is 0 Å². The Morgan fingerprint density at radius 2 is 1.38 bits per heavy atom. The number of fused-ring (bicyclic) bond motifs is 3. The molecule has 5 rings (SSSR count). The van der Waals surface area contributed by atoms with Crippen molar-refractivity contribution in [1.29, 1.82) is 0 Å². The van der Waals surface area contributed by atoms with Gasteiger partial charge in [-0.05, 0) is 73.0 Å². The lowest BCUT2D eigenvalue weighted by Crippen LogP contribution is -2.21. The van der Waals surface area contributed by atoms with Crippen molar-refractivity contribution >= 4 is 16.9 Å². The van der Waals surface area contributed by atoms with Crippen LogP contribution in [0.3, 0.4) is 0 Å². The van der Waals surface area contributed by atoms with E-state index in [-0.39, 0.29) is 0 Å². The molecule has 0 unspecified atom stereocenters. The Hall–Kier alpha value is -3.65. The molecule has 0 atom stereocenters. The highest BCUT2D eigenvalue weighted by molar-refractivity contribution is 5.83. The van der Waals surface area contributed by atoms with E-state index >= 15 is 0 Å². The summed E-state index contributed by atoms with van der Waals surface area (Å²) in [7, 11) is 0. The second kappa shape index (κ2) is 8.47. The first-order chi connectivity index (χ1) is 15.7. The summed E-state index contributed by atoms with van der Waals surface area (Å²) in [6, 6.07) is 32.9. The number of anilines is 1. The first-order valence-corrected chi connectivity index (χ1v) is 11.4. The molecule has 4 aromatic rings. The molecule has 0 saturated heterocycles. The van der Waals surface area contributed by atoms with E-state index in [2.05, 4.69) is 117 Å². The van der Waals surface area contributed by atoms with Gasteiger partial charge >= 0.3 is 0 Å². The minimum Gasteiger partial charge on any atom is -0.372 e. The average molecular weight is 417 g/mol. The standard InChI is InChI=1S/C30H28N2/c1-4-32(5-2)25-17-14-23(15-18-25)30(22-12-10-21(3)11-13-22)24-16-19-29-27(20-24)26-8-6-7-9-28(26)31-29/h6-20H,4-5H2,1-3H3/b30-24-. The molecule has 2 heteroatoms. The smallest absolute Gasteiger partial charge is 0.0716 e. The number of hydrogen-bond acceptors (Lipinski definition) is 2. The molecule has 2 nitrogen and oxygen atoms in total. The van der Waals surface area contributed by atoms with Crippen LogP contribution in [-0.2, 0) is 0 Å². The van der Waals surface area contributed by atoms with Crippen molar-refractivity contribution in [3.8, 4) is 11.1 Å². The van der Waals surface area contributed by atoms with Crippen molar-refractivity contribution in [2.24, 2.45) is 4.99 Å². The van der Waals surface area contributed by atoms with E-state index in [1.807, 2.05) is 0 Å². The van der Waals surface area contributed by atoms with Crippen LogP contribution in [0.1, 0.15) is 30.5 Å². The van der Waals surface area contributed by atoms with Crippen LogP contribution in [0.25, 0.3) is 16.7 Å². The highest BCUT2D eigenvalue weighted by Gasteiger charge is 2.14. The largest absolute Gasteiger partial charge is 0.372 e. The lowest BCUT2D eigenvalue weighted by Gasteiger charge is -2.21. The molecule has 0 aromatic heterocycles. The predicted octanol–water partition coefficient (Wildman–Crippen LogP) is 6.02. The van der Waals surface area contributed by atoms with Gasteiger partial charge in [0.1, 0.15) is 0 Å². The fourth-order valence-electron chi connectivity index (χ4n) is 4.58. The van der Waals surface area contributed by atoms with E-state index < -0.39 is 0 Å². The second-order valence-corrected chi connectivity index (χ2v) is 8.32. The van der Waals surface area contributed by atoms with E-state index in [1.165, 1.54) is 44.3 Å². The topological polar surface area (TPSA) is 15.6 Å². The van der Waals surface area contributed by atoms with Gasteiger partial charge in [-0.15, -0.1) is 0 Å².